The molecule has 0 spiro atoms. The zero-order chi connectivity index (χ0) is 32.2. The van der Waals surface area contributed by atoms with E-state index in [1.165, 1.54) is 24.4 Å². The van der Waals surface area contributed by atoms with Gasteiger partial charge in [-0.05, 0) is 43.2 Å². The molecule has 1 saturated carbocycles. The molecule has 0 radical (unpaired) electrons. The molecule has 3 atom stereocenters. The second-order valence-electron chi connectivity index (χ2n) is 11.1. The normalized spacial score (nSPS) is 15.4. The van der Waals surface area contributed by atoms with Gasteiger partial charge in [-0.3, -0.25) is 14.4 Å². The fraction of sp³-hybridized carbons (Fsp3) is 0.514. The van der Waals surface area contributed by atoms with Gasteiger partial charge >= 0.3 is 0 Å². The maximum atomic E-state index is 13.5. The van der Waals surface area contributed by atoms with Crippen molar-refractivity contribution in [1.82, 2.24) is 20.9 Å². The predicted octanol–water partition coefficient (Wildman–Crippen LogP) is 3.57. The number of benzene rings is 2. The van der Waals surface area contributed by atoms with E-state index in [9.17, 15) is 19.5 Å². The summed E-state index contributed by atoms with van der Waals surface area (Å²) in [5, 5.41) is 18.9. The molecule has 0 bridgehead atoms. The number of hydrogen-bond donors (Lipinski definition) is 4. The van der Waals surface area contributed by atoms with E-state index in [4.69, 9.17) is 4.74 Å². The number of hydrogen-bond acceptors (Lipinski definition) is 6. The molecule has 242 valence electrons. The second-order valence-corrected chi connectivity index (χ2v) is 11.1. The van der Waals surface area contributed by atoms with Gasteiger partial charge in [-0.2, -0.15) is 0 Å². The molecule has 2 aromatic rings. The van der Waals surface area contributed by atoms with Crippen LogP contribution in [0.1, 0.15) is 57.1 Å². The number of likely N-dealkylation sites (N-methyl/N-ethyl adjacent to an activating group) is 1. The molecule has 3 rings (SSSR count). The topological polar surface area (TPSA) is 120 Å². The first-order valence-electron chi connectivity index (χ1n) is 15.7. The van der Waals surface area contributed by atoms with Crippen LogP contribution in [-0.2, 0) is 25.5 Å². The summed E-state index contributed by atoms with van der Waals surface area (Å²) in [4.78, 5) is 39.9. The minimum absolute atomic E-state index is 0.165. The van der Waals surface area contributed by atoms with Gasteiger partial charge in [0.25, 0.3) is 0 Å². The minimum Gasteiger partial charge on any atom is -0.391 e. The van der Waals surface area contributed by atoms with Gasteiger partial charge in [0.1, 0.15) is 6.04 Å². The van der Waals surface area contributed by atoms with Gasteiger partial charge in [0.05, 0.1) is 25.3 Å². The fourth-order valence-corrected chi connectivity index (χ4v) is 5.29. The summed E-state index contributed by atoms with van der Waals surface area (Å²) < 4.78 is 5.12. The van der Waals surface area contributed by atoms with Crippen molar-refractivity contribution in [1.29, 1.82) is 0 Å². The highest BCUT2D eigenvalue weighted by Gasteiger charge is 2.37. The van der Waals surface area contributed by atoms with Crippen LogP contribution in [0.4, 0.5) is 0 Å². The third-order valence-electron chi connectivity index (χ3n) is 7.75. The lowest BCUT2D eigenvalue weighted by molar-refractivity contribution is -0.145. The standard InChI is InChI=1S/C27H42N4O5.C8H10/c1-20(32)25(26(34)30-19-23(33)28-16-10-13-21-11-6-4-7-12-21)31(2)27(35)24(29-17-18-36-3)22-14-8-5-9-15-22;1-2-8-6-4-3-5-7-8/h4,6-7,10-13,20,22,24-25,29,32H,5,8-9,14-19H2,1-3H3,(H,28,33)(H,30,34);3-7H,2H2,1H3/b13-10+;. The molecule has 0 aromatic heterocycles. The number of nitrogens with zero attached hydrogens (tertiary/aromatic N) is 1. The highest BCUT2D eigenvalue weighted by atomic mass is 16.5. The van der Waals surface area contributed by atoms with Crippen LogP contribution in [0.15, 0.2) is 66.7 Å². The smallest absolute Gasteiger partial charge is 0.245 e. The predicted molar refractivity (Wildman–Crippen MR) is 176 cm³/mol. The maximum absolute atomic E-state index is 13.5. The van der Waals surface area contributed by atoms with Crippen molar-refractivity contribution in [3.63, 3.8) is 0 Å². The molecular weight excluding hydrogens is 556 g/mol. The zero-order valence-corrected chi connectivity index (χ0v) is 26.8. The molecule has 1 fully saturated rings. The molecular formula is C35H52N4O5. The largest absolute Gasteiger partial charge is 0.391 e. The summed E-state index contributed by atoms with van der Waals surface area (Å²) >= 11 is 0. The Kier molecular flexibility index (Phi) is 17.7. The van der Waals surface area contributed by atoms with E-state index in [0.29, 0.717) is 19.7 Å². The Morgan fingerprint density at radius 3 is 2.20 bits per heavy atom. The summed E-state index contributed by atoms with van der Waals surface area (Å²) in [6, 6.07) is 18.6. The van der Waals surface area contributed by atoms with Crippen molar-refractivity contribution in [2.45, 2.75) is 70.6 Å². The summed E-state index contributed by atoms with van der Waals surface area (Å²) in [6.45, 7) is 4.68. The number of rotatable bonds is 15. The Labute approximate surface area is 263 Å². The number of ether oxygens (including phenoxy) is 1. The van der Waals surface area contributed by atoms with Gasteiger partial charge in [0.15, 0.2) is 0 Å². The average molecular weight is 609 g/mol. The molecule has 1 aliphatic carbocycles. The molecule has 9 nitrogen and oxygen atoms in total. The highest BCUT2D eigenvalue weighted by molar-refractivity contribution is 5.92. The van der Waals surface area contributed by atoms with Gasteiger partial charge < -0.3 is 30.7 Å². The number of nitrogens with one attached hydrogen (secondary N) is 3. The van der Waals surface area contributed by atoms with E-state index >= 15 is 0 Å². The molecule has 3 amide bonds. The van der Waals surface area contributed by atoms with Gasteiger partial charge in [-0.25, -0.2) is 0 Å². The van der Waals surface area contributed by atoms with Crippen molar-refractivity contribution >= 4 is 23.8 Å². The number of aliphatic hydroxyl groups is 1. The molecule has 1 aliphatic rings. The summed E-state index contributed by atoms with van der Waals surface area (Å²) in [5.74, 6) is -1.01. The van der Waals surface area contributed by atoms with E-state index < -0.39 is 24.1 Å². The van der Waals surface area contributed by atoms with E-state index in [1.807, 2.05) is 48.6 Å². The first kappa shape index (κ1) is 36.7. The summed E-state index contributed by atoms with van der Waals surface area (Å²) in [5.41, 5.74) is 2.43. The van der Waals surface area contributed by atoms with Gasteiger partial charge in [0.2, 0.25) is 17.7 Å². The van der Waals surface area contributed by atoms with Crippen LogP contribution < -0.4 is 16.0 Å². The Morgan fingerprint density at radius 1 is 1.00 bits per heavy atom. The molecule has 0 aliphatic heterocycles. The Hall–Kier alpha value is -3.53. The summed E-state index contributed by atoms with van der Waals surface area (Å²) in [6.07, 6.45) is 8.93. The number of aliphatic hydroxyl groups excluding tert-OH is 1. The lowest BCUT2D eigenvalue weighted by Gasteiger charge is -2.36. The maximum Gasteiger partial charge on any atom is 0.245 e. The lowest BCUT2D eigenvalue weighted by atomic mass is 9.83. The van der Waals surface area contributed by atoms with Gasteiger partial charge in [0, 0.05) is 27.2 Å². The number of aryl methyl sites for hydroxylation is 1. The van der Waals surface area contributed by atoms with Crippen molar-refractivity contribution in [3.8, 4) is 0 Å². The van der Waals surface area contributed by atoms with Crippen LogP contribution in [0.3, 0.4) is 0 Å². The number of amides is 3. The molecule has 2 aromatic carbocycles. The molecule has 0 heterocycles. The van der Waals surface area contributed by atoms with E-state index in [0.717, 1.165) is 44.1 Å². The van der Waals surface area contributed by atoms with Crippen molar-refractivity contribution in [2.24, 2.45) is 5.92 Å². The number of carbonyl (C=O) groups is 3. The fourth-order valence-electron chi connectivity index (χ4n) is 5.29. The Bertz CT molecular complexity index is 1120. The highest BCUT2D eigenvalue weighted by Crippen LogP contribution is 2.27. The molecule has 9 heteroatoms. The van der Waals surface area contributed by atoms with Crippen LogP contribution in [0.2, 0.25) is 0 Å². The van der Waals surface area contributed by atoms with Crippen LogP contribution in [0.5, 0.6) is 0 Å². The SMILES string of the molecule is CCc1ccccc1.COCCNC(C(=O)N(C)C(C(=O)NCC(=O)NC/C=C/c1ccccc1)C(C)O)C1CCCCC1. The lowest BCUT2D eigenvalue weighted by Crippen LogP contribution is -2.59. The average Bonchev–Trinajstić information content (AvgIpc) is 3.05. The van der Waals surface area contributed by atoms with Crippen LogP contribution in [-0.4, -0.2) is 86.3 Å². The van der Waals surface area contributed by atoms with E-state index in [-0.39, 0.29) is 24.3 Å². The van der Waals surface area contributed by atoms with Crippen molar-refractivity contribution in [3.05, 3.63) is 77.9 Å². The number of methoxy groups -OCH3 is 1. The van der Waals surface area contributed by atoms with Crippen LogP contribution >= 0.6 is 0 Å². The molecule has 44 heavy (non-hydrogen) atoms. The van der Waals surface area contributed by atoms with Crippen molar-refractivity contribution < 1.29 is 24.2 Å². The third kappa shape index (κ3) is 13.4. The quantitative estimate of drug-likeness (QED) is 0.230. The molecule has 0 saturated heterocycles. The minimum atomic E-state index is -1.11. The van der Waals surface area contributed by atoms with Gasteiger partial charge in [-0.15, -0.1) is 0 Å². The third-order valence-corrected chi connectivity index (χ3v) is 7.75. The Balaban J connectivity index is 0.000000727. The number of carbonyl (C=O) groups excluding carboxylic acids is 3. The zero-order valence-electron chi connectivity index (χ0n) is 26.8. The molecule has 3 unspecified atom stereocenters. The Morgan fingerprint density at radius 2 is 1.64 bits per heavy atom. The van der Waals surface area contributed by atoms with Crippen LogP contribution in [0.25, 0.3) is 6.08 Å². The van der Waals surface area contributed by atoms with E-state index in [1.54, 1.807) is 7.11 Å². The first-order chi connectivity index (χ1) is 21.3. The van der Waals surface area contributed by atoms with Crippen molar-refractivity contribution in [2.75, 3.05) is 40.4 Å². The van der Waals surface area contributed by atoms with Crippen LogP contribution in [0, 0.1) is 5.92 Å². The first-order valence-corrected chi connectivity index (χ1v) is 15.7. The summed E-state index contributed by atoms with van der Waals surface area (Å²) in [7, 11) is 3.14. The second kappa shape index (κ2) is 21.2. The monoisotopic (exact) mass is 608 g/mol. The van der Waals surface area contributed by atoms with Gasteiger partial charge in [-0.1, -0.05) is 99.0 Å². The molecule has 4 N–H and O–H groups in total. The van der Waals surface area contributed by atoms with E-state index in [2.05, 4.69) is 47.1 Å².